The van der Waals surface area contributed by atoms with Crippen molar-refractivity contribution in [3.05, 3.63) is 17.5 Å². The molecule has 0 spiro atoms. The van der Waals surface area contributed by atoms with Gasteiger partial charge in [-0.15, -0.1) is 0 Å². The molecule has 2 rings (SSSR count). The molecule has 1 N–H and O–H groups in total. The summed E-state index contributed by atoms with van der Waals surface area (Å²) < 4.78 is 0. The smallest absolute Gasteiger partial charge is 0.134 e. The molecule has 1 aliphatic rings. The Hall–Kier alpha value is -0.870. The molecule has 0 saturated carbocycles. The van der Waals surface area contributed by atoms with Gasteiger partial charge in [0.2, 0.25) is 0 Å². The van der Waals surface area contributed by atoms with Crippen LogP contribution in [0.25, 0.3) is 0 Å². The Balaban J connectivity index is 0.000000280. The minimum atomic E-state index is -0.167. The van der Waals surface area contributed by atoms with Crippen LogP contribution in [-0.4, -0.2) is 34.3 Å². The molecule has 1 fully saturated rings. The second-order valence-corrected chi connectivity index (χ2v) is 4.37. The van der Waals surface area contributed by atoms with E-state index in [1.807, 2.05) is 6.07 Å². The van der Waals surface area contributed by atoms with Gasteiger partial charge in [-0.25, -0.2) is 9.97 Å². The standard InChI is InChI=1S/C8H10ClN3.C3H8O/c9-7-5-8(11-6-10-7)12-3-1-2-4-12;1-3(2)4/h5-6H,1-4H2;3-4H,1-2H3. The number of hydrogen-bond donors (Lipinski definition) is 1. The molecule has 0 aliphatic carbocycles. The predicted octanol–water partition coefficient (Wildman–Crippen LogP) is 2.12. The van der Waals surface area contributed by atoms with Crippen LogP contribution in [0.4, 0.5) is 5.82 Å². The van der Waals surface area contributed by atoms with Gasteiger partial charge in [-0.05, 0) is 26.7 Å². The van der Waals surface area contributed by atoms with Gasteiger partial charge < -0.3 is 10.0 Å². The molecule has 1 aromatic heterocycles. The summed E-state index contributed by atoms with van der Waals surface area (Å²) >= 11 is 5.75. The second-order valence-electron chi connectivity index (χ2n) is 3.99. The van der Waals surface area contributed by atoms with Crippen molar-refractivity contribution in [1.82, 2.24) is 9.97 Å². The summed E-state index contributed by atoms with van der Waals surface area (Å²) in [6.45, 7) is 5.63. The van der Waals surface area contributed by atoms with Crippen molar-refractivity contribution < 1.29 is 5.11 Å². The first kappa shape index (κ1) is 13.2. The summed E-state index contributed by atoms with van der Waals surface area (Å²) in [6, 6.07) is 1.81. The summed E-state index contributed by atoms with van der Waals surface area (Å²) in [5.41, 5.74) is 0. The maximum absolute atomic E-state index is 8.06. The van der Waals surface area contributed by atoms with E-state index in [1.54, 1.807) is 13.8 Å². The number of hydrogen-bond acceptors (Lipinski definition) is 4. The Morgan fingerprint density at radius 2 is 1.88 bits per heavy atom. The van der Waals surface area contributed by atoms with Gasteiger partial charge in [0.25, 0.3) is 0 Å². The first-order valence-electron chi connectivity index (χ1n) is 5.50. The molecule has 0 amide bonds. The zero-order valence-electron chi connectivity index (χ0n) is 9.73. The minimum absolute atomic E-state index is 0.167. The number of nitrogens with zero attached hydrogens (tertiary/aromatic N) is 3. The van der Waals surface area contributed by atoms with Crippen LogP contribution in [0, 0.1) is 0 Å². The van der Waals surface area contributed by atoms with E-state index in [0.717, 1.165) is 18.9 Å². The average molecular weight is 244 g/mol. The Bertz CT molecular complexity index is 311. The molecule has 4 nitrogen and oxygen atoms in total. The highest BCUT2D eigenvalue weighted by molar-refractivity contribution is 6.29. The molecule has 0 bridgehead atoms. The molecule has 0 radical (unpaired) electrons. The van der Waals surface area contributed by atoms with Crippen LogP contribution in [0.15, 0.2) is 12.4 Å². The number of aromatic nitrogens is 2. The topological polar surface area (TPSA) is 49.2 Å². The lowest BCUT2D eigenvalue weighted by molar-refractivity contribution is 0.216. The van der Waals surface area contributed by atoms with E-state index in [2.05, 4.69) is 14.9 Å². The van der Waals surface area contributed by atoms with E-state index in [4.69, 9.17) is 16.7 Å². The molecule has 16 heavy (non-hydrogen) atoms. The monoisotopic (exact) mass is 243 g/mol. The van der Waals surface area contributed by atoms with Crippen molar-refractivity contribution in [3.8, 4) is 0 Å². The summed E-state index contributed by atoms with van der Waals surface area (Å²) in [5, 5.41) is 8.58. The third-order valence-electron chi connectivity index (χ3n) is 2.05. The number of anilines is 1. The molecule has 1 aromatic rings. The molecule has 1 saturated heterocycles. The minimum Gasteiger partial charge on any atom is -0.394 e. The number of aliphatic hydroxyl groups excluding tert-OH is 1. The Morgan fingerprint density at radius 1 is 1.31 bits per heavy atom. The predicted molar refractivity (Wildman–Crippen MR) is 65.8 cm³/mol. The molecule has 1 aliphatic heterocycles. The Morgan fingerprint density at radius 3 is 2.38 bits per heavy atom. The van der Waals surface area contributed by atoms with Crippen LogP contribution >= 0.6 is 11.6 Å². The fourth-order valence-electron chi connectivity index (χ4n) is 1.44. The third-order valence-corrected chi connectivity index (χ3v) is 2.26. The summed E-state index contributed by atoms with van der Waals surface area (Å²) in [4.78, 5) is 10.2. The summed E-state index contributed by atoms with van der Waals surface area (Å²) in [6.07, 6.45) is 3.85. The van der Waals surface area contributed by atoms with Crippen molar-refractivity contribution in [3.63, 3.8) is 0 Å². The zero-order valence-corrected chi connectivity index (χ0v) is 10.5. The number of aliphatic hydroxyl groups is 1. The SMILES string of the molecule is CC(C)O.Clc1cc(N2CCCC2)ncn1. The van der Waals surface area contributed by atoms with E-state index in [0.29, 0.717) is 5.15 Å². The van der Waals surface area contributed by atoms with Gasteiger partial charge in [0, 0.05) is 25.3 Å². The zero-order chi connectivity index (χ0) is 12.0. The van der Waals surface area contributed by atoms with Gasteiger partial charge in [-0.2, -0.15) is 0 Å². The molecular weight excluding hydrogens is 226 g/mol. The molecule has 2 heterocycles. The van der Waals surface area contributed by atoms with Gasteiger partial charge in [-0.1, -0.05) is 11.6 Å². The largest absolute Gasteiger partial charge is 0.394 e. The Kier molecular flexibility index (Phi) is 5.49. The van der Waals surface area contributed by atoms with Gasteiger partial charge in [0.1, 0.15) is 17.3 Å². The van der Waals surface area contributed by atoms with E-state index in [9.17, 15) is 0 Å². The van der Waals surface area contributed by atoms with Gasteiger partial charge >= 0.3 is 0 Å². The van der Waals surface area contributed by atoms with Crippen LogP contribution in [0.3, 0.4) is 0 Å². The fraction of sp³-hybridized carbons (Fsp3) is 0.636. The van der Waals surface area contributed by atoms with E-state index in [1.165, 1.54) is 19.2 Å². The lowest BCUT2D eigenvalue weighted by Gasteiger charge is -2.15. The first-order valence-corrected chi connectivity index (χ1v) is 5.88. The van der Waals surface area contributed by atoms with Crippen molar-refractivity contribution in [2.75, 3.05) is 18.0 Å². The summed E-state index contributed by atoms with van der Waals surface area (Å²) in [5.74, 6) is 0.951. The number of halogens is 1. The summed E-state index contributed by atoms with van der Waals surface area (Å²) in [7, 11) is 0. The van der Waals surface area contributed by atoms with Crippen molar-refractivity contribution >= 4 is 17.4 Å². The van der Waals surface area contributed by atoms with Gasteiger partial charge in [-0.3, -0.25) is 0 Å². The van der Waals surface area contributed by atoms with E-state index in [-0.39, 0.29) is 6.10 Å². The van der Waals surface area contributed by atoms with Crippen LogP contribution in [0.2, 0.25) is 5.15 Å². The Labute approximate surface area is 101 Å². The van der Waals surface area contributed by atoms with Crippen LogP contribution in [0.5, 0.6) is 0 Å². The third kappa shape index (κ3) is 4.77. The highest BCUT2D eigenvalue weighted by atomic mass is 35.5. The van der Waals surface area contributed by atoms with Crippen molar-refractivity contribution in [2.45, 2.75) is 32.8 Å². The molecular formula is C11H18ClN3O. The lowest BCUT2D eigenvalue weighted by atomic mass is 10.4. The highest BCUT2D eigenvalue weighted by Gasteiger charge is 2.13. The van der Waals surface area contributed by atoms with E-state index < -0.39 is 0 Å². The molecule has 90 valence electrons. The maximum atomic E-state index is 8.06. The first-order chi connectivity index (χ1) is 7.59. The lowest BCUT2D eigenvalue weighted by Crippen LogP contribution is -2.18. The average Bonchev–Trinajstić information content (AvgIpc) is 2.69. The van der Waals surface area contributed by atoms with Gasteiger partial charge in [0.05, 0.1) is 0 Å². The van der Waals surface area contributed by atoms with Crippen LogP contribution in [0.1, 0.15) is 26.7 Å². The molecule has 0 atom stereocenters. The fourth-order valence-corrected chi connectivity index (χ4v) is 1.58. The van der Waals surface area contributed by atoms with Crippen LogP contribution in [-0.2, 0) is 0 Å². The van der Waals surface area contributed by atoms with Crippen molar-refractivity contribution in [2.24, 2.45) is 0 Å². The van der Waals surface area contributed by atoms with Crippen molar-refractivity contribution in [1.29, 1.82) is 0 Å². The normalized spacial score (nSPS) is 14.9. The second kappa shape index (κ2) is 6.66. The molecule has 0 unspecified atom stereocenters. The van der Waals surface area contributed by atoms with Crippen LogP contribution < -0.4 is 4.90 Å². The quantitative estimate of drug-likeness (QED) is 0.768. The van der Waals surface area contributed by atoms with Gasteiger partial charge in [0.15, 0.2) is 0 Å². The molecule has 5 heteroatoms. The maximum Gasteiger partial charge on any atom is 0.134 e. The number of rotatable bonds is 1. The van der Waals surface area contributed by atoms with E-state index >= 15 is 0 Å². The molecule has 0 aromatic carbocycles. The highest BCUT2D eigenvalue weighted by Crippen LogP contribution is 2.18.